The lowest BCUT2D eigenvalue weighted by molar-refractivity contribution is -0.385. The second kappa shape index (κ2) is 5.56. The van der Waals surface area contributed by atoms with E-state index < -0.39 is 58.5 Å². The molecule has 0 aliphatic rings. The topological polar surface area (TPSA) is 78.7 Å². The molecule has 0 amide bonds. The number of methoxy groups -OCH3 is 1. The number of hydrogen-bond donors (Lipinski definition) is 0. The molecule has 0 radical (unpaired) electrons. The highest BCUT2D eigenvalue weighted by molar-refractivity contribution is 9.10. The van der Waals surface area contributed by atoms with Crippen molar-refractivity contribution in [1.29, 1.82) is 0 Å². The van der Waals surface area contributed by atoms with E-state index in [2.05, 4.69) is 20.7 Å². The van der Waals surface area contributed by atoms with Crippen molar-refractivity contribution in [1.82, 2.24) is 0 Å². The lowest BCUT2D eigenvalue weighted by Crippen LogP contribution is -2.16. The van der Waals surface area contributed by atoms with Crippen LogP contribution < -0.4 is 4.74 Å². The molecular weight excluding hydrogens is 318 g/mol. The Bertz CT molecular complexity index is 751. The van der Waals surface area contributed by atoms with E-state index >= 15 is 0 Å². The summed E-state index contributed by atoms with van der Waals surface area (Å²) < 4.78 is 77.9. The summed E-state index contributed by atoms with van der Waals surface area (Å²) >= 11 is 2.79. The first-order chi connectivity index (χ1) is 12.4. The molecule has 6 nitrogen and oxygen atoms in total. The third-order valence-corrected chi connectivity index (χ3v) is 2.64. The molecule has 1 aromatic rings. The summed E-state index contributed by atoms with van der Waals surface area (Å²) in [5, 5.41) is 11.2. The van der Waals surface area contributed by atoms with Gasteiger partial charge < -0.3 is 9.47 Å². The number of hydrogen-bond acceptors (Lipinski definition) is 5. The number of nitro benzene ring substituents is 1. The Morgan fingerprint density at radius 3 is 2.58 bits per heavy atom. The van der Waals surface area contributed by atoms with Crippen molar-refractivity contribution in [3.8, 4) is 5.75 Å². The van der Waals surface area contributed by atoms with E-state index in [1.165, 1.54) is 0 Å². The van der Waals surface area contributed by atoms with Gasteiger partial charge in [-0.25, -0.2) is 4.79 Å². The molecule has 0 bridgehead atoms. The second-order valence-electron chi connectivity index (χ2n) is 3.36. The van der Waals surface area contributed by atoms with Crippen LogP contribution in [0.5, 0.6) is 5.75 Å². The Kier molecular flexibility index (Phi) is 1.96. The van der Waals surface area contributed by atoms with Crippen molar-refractivity contribution in [2.24, 2.45) is 0 Å². The van der Waals surface area contributed by atoms with E-state index in [9.17, 15) is 14.9 Å². The molecule has 7 heteroatoms. The number of nitro groups is 1. The average molecular weight is 341 g/mol. The van der Waals surface area contributed by atoms with E-state index in [-0.39, 0.29) is 0 Å². The standard InChI is InChI=1S/C12H14BrNO5/c1-12(2,3)7-5-8(13)9(14(16)17)6-10(7)19-11(15)18-4/h5-6H,1-4H3/i1D3,2D3,3D3. The van der Waals surface area contributed by atoms with Crippen LogP contribution in [-0.4, -0.2) is 18.2 Å². The van der Waals surface area contributed by atoms with E-state index in [0.29, 0.717) is 12.1 Å². The largest absolute Gasteiger partial charge is 0.513 e. The maximum atomic E-state index is 11.5. The van der Waals surface area contributed by atoms with Gasteiger partial charge in [0.25, 0.3) is 5.69 Å². The monoisotopic (exact) mass is 340 g/mol. The van der Waals surface area contributed by atoms with E-state index in [1.807, 2.05) is 0 Å². The van der Waals surface area contributed by atoms with Gasteiger partial charge in [0, 0.05) is 17.9 Å². The summed E-state index contributed by atoms with van der Waals surface area (Å²) in [5.41, 5.74) is -5.22. The number of halogens is 1. The Balaban J connectivity index is 4.16. The van der Waals surface area contributed by atoms with Gasteiger partial charge in [0.05, 0.1) is 22.6 Å². The van der Waals surface area contributed by atoms with Crippen LogP contribution in [0.25, 0.3) is 0 Å². The summed E-state index contributed by atoms with van der Waals surface area (Å²) in [7, 11) is 0.875. The molecule has 0 unspecified atom stereocenters. The molecule has 0 aliphatic heterocycles. The fourth-order valence-corrected chi connectivity index (χ4v) is 1.68. The SMILES string of the molecule is [2H]C([2H])([2H])C(c1cc(Br)c([N+](=O)[O-])cc1OC(=O)OC)(C([2H])([2H])[2H])C([2H])([2H])[2H]. The predicted octanol–water partition coefficient (Wildman–Crippen LogP) is 3.80. The molecule has 0 heterocycles. The van der Waals surface area contributed by atoms with Gasteiger partial charge in [-0.1, -0.05) is 20.6 Å². The van der Waals surface area contributed by atoms with Gasteiger partial charge in [-0.2, -0.15) is 0 Å². The lowest BCUT2D eigenvalue weighted by atomic mass is 9.86. The zero-order chi connectivity index (χ0) is 22.3. The molecule has 0 spiro atoms. The summed E-state index contributed by atoms with van der Waals surface area (Å²) in [5.74, 6) is -0.940. The molecule has 0 atom stereocenters. The molecule has 0 aromatic heterocycles. The number of carbonyl (C=O) groups is 1. The van der Waals surface area contributed by atoms with E-state index in [0.717, 1.165) is 7.11 Å². The van der Waals surface area contributed by atoms with Crippen LogP contribution >= 0.6 is 15.9 Å². The number of rotatable bonds is 2. The quantitative estimate of drug-likeness (QED) is 0.354. The third-order valence-electron chi connectivity index (χ3n) is 2.01. The highest BCUT2D eigenvalue weighted by atomic mass is 79.9. The number of benzene rings is 1. The predicted molar refractivity (Wildman–Crippen MR) is 72.5 cm³/mol. The zero-order valence-electron chi connectivity index (χ0n) is 18.5. The van der Waals surface area contributed by atoms with Gasteiger partial charge >= 0.3 is 6.16 Å². The van der Waals surface area contributed by atoms with Gasteiger partial charge in [0.15, 0.2) is 0 Å². The highest BCUT2D eigenvalue weighted by Gasteiger charge is 2.26. The van der Waals surface area contributed by atoms with Crippen molar-refractivity contribution >= 4 is 27.8 Å². The van der Waals surface area contributed by atoms with E-state index in [1.54, 1.807) is 0 Å². The molecule has 19 heavy (non-hydrogen) atoms. The maximum Gasteiger partial charge on any atom is 0.513 e. The van der Waals surface area contributed by atoms with Gasteiger partial charge in [-0.05, 0) is 27.4 Å². The summed E-state index contributed by atoms with van der Waals surface area (Å²) in [6.45, 7) is -11.0. The molecule has 1 rings (SSSR count). The maximum absolute atomic E-state index is 11.5. The van der Waals surface area contributed by atoms with Gasteiger partial charge in [-0.3, -0.25) is 10.1 Å². The fraction of sp³-hybridized carbons (Fsp3) is 0.417. The van der Waals surface area contributed by atoms with Gasteiger partial charge in [-0.15, -0.1) is 0 Å². The normalized spacial score (nSPS) is 20.0. The molecule has 0 fully saturated rings. The van der Waals surface area contributed by atoms with Crippen LogP contribution in [0.4, 0.5) is 10.5 Å². The van der Waals surface area contributed by atoms with Crippen LogP contribution in [0.1, 0.15) is 38.5 Å². The molecule has 104 valence electrons. The Morgan fingerprint density at radius 2 is 2.11 bits per heavy atom. The third kappa shape index (κ3) is 3.66. The Labute approximate surface area is 131 Å². The summed E-state index contributed by atoms with van der Waals surface area (Å²) in [4.78, 5) is 21.7. The van der Waals surface area contributed by atoms with Gasteiger partial charge in [0.2, 0.25) is 0 Å². The van der Waals surface area contributed by atoms with Crippen molar-refractivity contribution < 1.29 is 31.5 Å². The number of nitrogens with zero attached hydrogens (tertiary/aromatic N) is 1. The Morgan fingerprint density at radius 1 is 1.47 bits per heavy atom. The first-order valence-corrected chi connectivity index (χ1v) is 5.45. The minimum atomic E-state index is -3.66. The Hall–Kier alpha value is -1.63. The van der Waals surface area contributed by atoms with Crippen LogP contribution in [0.3, 0.4) is 0 Å². The molecule has 0 saturated carbocycles. The molecule has 0 saturated heterocycles. The number of ether oxygens (including phenoxy) is 2. The zero-order valence-corrected chi connectivity index (χ0v) is 11.1. The van der Waals surface area contributed by atoms with Gasteiger partial charge in [0.1, 0.15) is 5.75 Å². The summed E-state index contributed by atoms with van der Waals surface area (Å²) in [6.07, 6.45) is -1.46. The van der Waals surface area contributed by atoms with Crippen LogP contribution in [0, 0.1) is 10.1 Å². The lowest BCUT2D eigenvalue weighted by Gasteiger charge is -2.22. The van der Waals surface area contributed by atoms with Crippen molar-refractivity contribution in [2.45, 2.75) is 26.0 Å². The molecule has 1 aromatic carbocycles. The number of carbonyl (C=O) groups excluding carboxylic acids is 1. The average Bonchev–Trinajstić information content (AvgIpc) is 2.45. The van der Waals surface area contributed by atoms with Crippen LogP contribution in [0.15, 0.2) is 16.6 Å². The summed E-state index contributed by atoms with van der Waals surface area (Å²) in [6, 6.07) is 1.19. The first-order valence-electron chi connectivity index (χ1n) is 9.16. The van der Waals surface area contributed by atoms with Crippen LogP contribution in [-0.2, 0) is 10.2 Å². The van der Waals surface area contributed by atoms with Crippen LogP contribution in [0.2, 0.25) is 0 Å². The molecular formula is C12H14BrNO5. The fourth-order valence-electron chi connectivity index (χ4n) is 1.19. The van der Waals surface area contributed by atoms with Crippen molar-refractivity contribution in [2.75, 3.05) is 7.11 Å². The first kappa shape index (κ1) is 6.69. The molecule has 0 aliphatic carbocycles. The van der Waals surface area contributed by atoms with E-state index in [4.69, 9.17) is 17.1 Å². The van der Waals surface area contributed by atoms with Crippen molar-refractivity contribution in [3.63, 3.8) is 0 Å². The highest BCUT2D eigenvalue weighted by Crippen LogP contribution is 2.38. The smallest absolute Gasteiger partial charge is 0.437 e. The minimum absolute atomic E-state index is 0.410. The molecule has 0 N–H and O–H groups in total. The van der Waals surface area contributed by atoms with Crippen molar-refractivity contribution in [3.05, 3.63) is 32.3 Å². The second-order valence-corrected chi connectivity index (χ2v) is 4.22. The minimum Gasteiger partial charge on any atom is -0.437 e.